The third-order valence-electron chi connectivity index (χ3n) is 9.91. The number of benzene rings is 6. The molecule has 2 aliphatic rings. The molecule has 0 bridgehead atoms. The molecule has 0 amide bonds. The normalized spacial score (nSPS) is 16.5. The summed E-state index contributed by atoms with van der Waals surface area (Å²) in [5.41, 5.74) is 7.32. The van der Waals surface area contributed by atoms with E-state index in [0.717, 1.165) is 38.8 Å². The van der Waals surface area contributed by atoms with Gasteiger partial charge in [0.2, 0.25) is 0 Å². The fourth-order valence-electron chi connectivity index (χ4n) is 7.55. The Morgan fingerprint density at radius 2 is 1.04 bits per heavy atom. The Morgan fingerprint density at radius 3 is 1.82 bits per heavy atom. The zero-order valence-corrected chi connectivity index (χ0v) is 26.5. The Balaban J connectivity index is 1.12. The molecule has 0 fully saturated rings. The first-order chi connectivity index (χ1) is 24.3. The molecule has 4 heteroatoms. The lowest BCUT2D eigenvalue weighted by molar-refractivity contribution is 0.582. The molecule has 0 saturated heterocycles. The van der Waals surface area contributed by atoms with Crippen molar-refractivity contribution in [3.63, 3.8) is 0 Å². The number of rotatable bonds is 4. The summed E-state index contributed by atoms with van der Waals surface area (Å²) in [4.78, 5) is 15.1. The fraction of sp³-hybridized carbons (Fsp3) is 0.0444. The summed E-state index contributed by atoms with van der Waals surface area (Å²) in [7, 11) is 0. The summed E-state index contributed by atoms with van der Waals surface area (Å²) < 4.78 is 6.66. The van der Waals surface area contributed by atoms with Gasteiger partial charge in [0.15, 0.2) is 17.5 Å². The third kappa shape index (κ3) is 4.64. The maximum absolute atomic E-state index is 6.66. The highest BCUT2D eigenvalue weighted by molar-refractivity contribution is 6.08. The summed E-state index contributed by atoms with van der Waals surface area (Å²) >= 11 is 0. The van der Waals surface area contributed by atoms with Crippen LogP contribution < -0.4 is 0 Å². The van der Waals surface area contributed by atoms with Gasteiger partial charge in [0.1, 0.15) is 11.3 Å². The minimum atomic E-state index is 0.200. The van der Waals surface area contributed by atoms with Crippen LogP contribution in [0.15, 0.2) is 162 Å². The Labute approximate surface area is 283 Å². The van der Waals surface area contributed by atoms with E-state index in [9.17, 15) is 0 Å². The van der Waals surface area contributed by atoms with Crippen LogP contribution in [-0.2, 0) is 0 Å². The summed E-state index contributed by atoms with van der Waals surface area (Å²) in [5, 5.41) is 5.94. The molecule has 230 valence electrons. The van der Waals surface area contributed by atoms with Crippen LogP contribution in [0.4, 0.5) is 0 Å². The summed E-state index contributed by atoms with van der Waals surface area (Å²) in [5.74, 6) is 3.24. The van der Waals surface area contributed by atoms with Crippen molar-refractivity contribution in [3.05, 3.63) is 175 Å². The minimum absolute atomic E-state index is 0.200. The van der Waals surface area contributed by atoms with Crippen LogP contribution >= 0.6 is 0 Å². The Kier molecular flexibility index (Phi) is 6.28. The van der Waals surface area contributed by atoms with Crippen molar-refractivity contribution in [2.24, 2.45) is 5.92 Å². The van der Waals surface area contributed by atoms with Crippen molar-refractivity contribution in [3.8, 4) is 34.2 Å². The third-order valence-corrected chi connectivity index (χ3v) is 9.91. The number of nitrogens with zero attached hydrogens (tertiary/aromatic N) is 3. The van der Waals surface area contributed by atoms with Gasteiger partial charge in [-0.05, 0) is 50.9 Å². The topological polar surface area (TPSA) is 51.8 Å². The molecule has 0 radical (unpaired) electrons. The van der Waals surface area contributed by atoms with Gasteiger partial charge >= 0.3 is 0 Å². The van der Waals surface area contributed by atoms with Crippen LogP contribution in [0.3, 0.4) is 0 Å². The number of aromatic nitrogens is 3. The van der Waals surface area contributed by atoms with Crippen LogP contribution in [0.5, 0.6) is 0 Å². The van der Waals surface area contributed by atoms with Crippen molar-refractivity contribution in [2.75, 3.05) is 0 Å². The van der Waals surface area contributed by atoms with Gasteiger partial charge in [0.05, 0.1) is 0 Å². The lowest BCUT2D eigenvalue weighted by atomic mass is 9.72. The van der Waals surface area contributed by atoms with Crippen molar-refractivity contribution < 1.29 is 4.42 Å². The van der Waals surface area contributed by atoms with E-state index in [1.165, 1.54) is 32.9 Å². The standard InChI is InChI=1S/C45H29N3O/c1-3-11-28(12-4-1)39-27-41-42(37-18-10-9-17-36(37)39)38-24-22-33(26-40(38)49-41)45-47-43(30-14-5-2-6-15-30)46-44(48-45)32-21-23-35-31(25-32)20-19-29-13-7-8-16-34(29)35/h1-27,36-37H. The molecule has 6 aromatic carbocycles. The molecular formula is C45H29N3O. The molecule has 2 heterocycles. The second-order valence-corrected chi connectivity index (χ2v) is 12.8. The molecule has 49 heavy (non-hydrogen) atoms. The number of hydrogen-bond acceptors (Lipinski definition) is 4. The van der Waals surface area contributed by atoms with Crippen LogP contribution in [0.1, 0.15) is 22.8 Å². The van der Waals surface area contributed by atoms with Crippen LogP contribution in [-0.4, -0.2) is 15.0 Å². The zero-order chi connectivity index (χ0) is 32.3. The maximum Gasteiger partial charge on any atom is 0.164 e. The molecule has 0 N–H and O–H groups in total. The molecule has 2 aromatic heterocycles. The first-order valence-electron chi connectivity index (χ1n) is 16.7. The monoisotopic (exact) mass is 627 g/mol. The number of fused-ring (bicyclic) bond motifs is 8. The molecule has 2 unspecified atom stereocenters. The van der Waals surface area contributed by atoms with Gasteiger partial charge in [-0.15, -0.1) is 0 Å². The summed E-state index contributed by atoms with van der Waals surface area (Å²) in [6.45, 7) is 0. The lowest BCUT2D eigenvalue weighted by Gasteiger charge is -2.30. The average molecular weight is 628 g/mol. The smallest absolute Gasteiger partial charge is 0.164 e. The fourth-order valence-corrected chi connectivity index (χ4v) is 7.55. The van der Waals surface area contributed by atoms with Gasteiger partial charge in [0, 0.05) is 39.5 Å². The molecule has 2 aliphatic carbocycles. The van der Waals surface area contributed by atoms with E-state index in [2.05, 4.69) is 134 Å². The average Bonchev–Trinajstić information content (AvgIpc) is 3.56. The van der Waals surface area contributed by atoms with Gasteiger partial charge in [0.25, 0.3) is 0 Å². The SMILES string of the molecule is C1=CC2C(c3ccccc3)=Cc3oc4cc(-c5nc(-c6ccccc6)nc(-c6ccc7c(ccc8ccccc87)c6)n5)ccc4c3C2C=C1. The highest BCUT2D eigenvalue weighted by Gasteiger charge is 2.34. The molecule has 2 atom stereocenters. The van der Waals surface area contributed by atoms with Gasteiger partial charge in [-0.25, -0.2) is 15.0 Å². The van der Waals surface area contributed by atoms with Crippen molar-refractivity contribution >= 4 is 44.2 Å². The van der Waals surface area contributed by atoms with Gasteiger partial charge in [-0.3, -0.25) is 0 Å². The van der Waals surface area contributed by atoms with E-state index < -0.39 is 0 Å². The van der Waals surface area contributed by atoms with E-state index in [1.54, 1.807) is 0 Å². The first-order valence-corrected chi connectivity index (χ1v) is 16.7. The molecule has 0 saturated carbocycles. The number of furan rings is 1. The van der Waals surface area contributed by atoms with E-state index >= 15 is 0 Å². The first kappa shape index (κ1) is 27.7. The predicted octanol–water partition coefficient (Wildman–Crippen LogP) is 11.3. The van der Waals surface area contributed by atoms with E-state index in [1.807, 2.05) is 30.3 Å². The molecular weight excluding hydrogens is 599 g/mol. The molecule has 4 nitrogen and oxygen atoms in total. The van der Waals surface area contributed by atoms with E-state index in [-0.39, 0.29) is 11.8 Å². The highest BCUT2D eigenvalue weighted by Crippen LogP contribution is 2.49. The van der Waals surface area contributed by atoms with Gasteiger partial charge in [-0.1, -0.05) is 146 Å². The Morgan fingerprint density at radius 1 is 0.449 bits per heavy atom. The van der Waals surface area contributed by atoms with Crippen molar-refractivity contribution in [1.29, 1.82) is 0 Å². The quantitative estimate of drug-likeness (QED) is 0.182. The van der Waals surface area contributed by atoms with Crippen molar-refractivity contribution in [2.45, 2.75) is 5.92 Å². The highest BCUT2D eigenvalue weighted by atomic mass is 16.3. The minimum Gasteiger partial charge on any atom is -0.456 e. The zero-order valence-electron chi connectivity index (χ0n) is 26.5. The van der Waals surface area contributed by atoms with Crippen LogP contribution in [0.25, 0.3) is 78.3 Å². The predicted molar refractivity (Wildman–Crippen MR) is 200 cm³/mol. The Bertz CT molecular complexity index is 2670. The summed E-state index contributed by atoms with van der Waals surface area (Å²) in [6, 6.07) is 46.4. The molecule has 8 aromatic rings. The Hall–Kier alpha value is -6.39. The van der Waals surface area contributed by atoms with Crippen LogP contribution in [0.2, 0.25) is 0 Å². The number of hydrogen-bond donors (Lipinski definition) is 0. The van der Waals surface area contributed by atoms with E-state index in [0.29, 0.717) is 17.5 Å². The lowest BCUT2D eigenvalue weighted by Crippen LogP contribution is -2.16. The molecule has 0 aliphatic heterocycles. The second-order valence-electron chi connectivity index (χ2n) is 12.8. The van der Waals surface area contributed by atoms with E-state index in [4.69, 9.17) is 19.4 Å². The van der Waals surface area contributed by atoms with Crippen molar-refractivity contribution in [1.82, 2.24) is 15.0 Å². The second kappa shape index (κ2) is 11.1. The summed E-state index contributed by atoms with van der Waals surface area (Å²) in [6.07, 6.45) is 11.2. The largest absolute Gasteiger partial charge is 0.456 e. The van der Waals surface area contributed by atoms with Crippen LogP contribution in [0, 0.1) is 5.92 Å². The van der Waals surface area contributed by atoms with Gasteiger partial charge in [-0.2, -0.15) is 0 Å². The maximum atomic E-state index is 6.66. The molecule has 0 spiro atoms. The van der Waals surface area contributed by atoms with Gasteiger partial charge < -0.3 is 4.42 Å². The number of allylic oxidation sites excluding steroid dienone is 5. The molecule has 10 rings (SSSR count).